The first kappa shape index (κ1) is 14.8. The van der Waals surface area contributed by atoms with Gasteiger partial charge in [-0.2, -0.15) is 0 Å². The zero-order valence-corrected chi connectivity index (χ0v) is 12.1. The van der Waals surface area contributed by atoms with Gasteiger partial charge < -0.3 is 14.8 Å². The molecular weight excluding hydrogens is 300 g/mol. The highest BCUT2D eigenvalue weighted by Crippen LogP contribution is 2.30. The number of carbonyl (C=O) groups excluding carboxylic acids is 1. The van der Waals surface area contributed by atoms with Gasteiger partial charge in [0.05, 0.1) is 11.5 Å². The molecule has 118 valence electrons. The van der Waals surface area contributed by atoms with Crippen LogP contribution in [0.15, 0.2) is 48.5 Å². The Labute approximate surface area is 132 Å². The van der Waals surface area contributed by atoms with Crippen molar-refractivity contribution in [1.82, 2.24) is 5.32 Å². The van der Waals surface area contributed by atoms with Crippen LogP contribution in [0.25, 0.3) is 0 Å². The highest BCUT2D eigenvalue weighted by molar-refractivity contribution is 5.98. The van der Waals surface area contributed by atoms with Crippen LogP contribution >= 0.6 is 0 Å². The van der Waals surface area contributed by atoms with Crippen LogP contribution in [0.3, 0.4) is 0 Å². The van der Waals surface area contributed by atoms with Gasteiger partial charge in [0, 0.05) is 6.07 Å². The molecule has 3 rings (SSSR count). The zero-order valence-electron chi connectivity index (χ0n) is 12.1. The summed E-state index contributed by atoms with van der Waals surface area (Å²) in [6, 6.07) is 13.1. The van der Waals surface area contributed by atoms with Crippen LogP contribution in [0.1, 0.15) is 10.4 Å². The number of hydrogen-bond acceptors (Lipinski definition) is 5. The Bertz CT molecular complexity index is 747. The van der Waals surface area contributed by atoms with E-state index in [1.54, 1.807) is 18.2 Å². The van der Waals surface area contributed by atoms with Gasteiger partial charge in [-0.05, 0) is 18.2 Å². The van der Waals surface area contributed by atoms with Crippen molar-refractivity contribution < 1.29 is 19.2 Å². The average molecular weight is 314 g/mol. The first-order chi connectivity index (χ1) is 11.1. The fraction of sp³-hybridized carbons (Fsp3) is 0.188. The Morgan fingerprint density at radius 2 is 1.87 bits per heavy atom. The monoisotopic (exact) mass is 314 g/mol. The Balaban J connectivity index is 1.63. The van der Waals surface area contributed by atoms with Crippen LogP contribution < -0.4 is 14.8 Å². The van der Waals surface area contributed by atoms with Crippen molar-refractivity contribution in [2.45, 2.75) is 6.10 Å². The minimum absolute atomic E-state index is 0.0228. The second kappa shape index (κ2) is 6.35. The van der Waals surface area contributed by atoms with E-state index in [9.17, 15) is 14.9 Å². The molecule has 0 bridgehead atoms. The molecule has 1 atom stereocenters. The molecule has 2 aromatic rings. The highest BCUT2D eigenvalue weighted by atomic mass is 16.6. The van der Waals surface area contributed by atoms with Crippen molar-refractivity contribution >= 4 is 11.6 Å². The molecule has 0 radical (unpaired) electrons. The maximum atomic E-state index is 12.1. The number of benzene rings is 2. The summed E-state index contributed by atoms with van der Waals surface area (Å²) < 4.78 is 11.3. The lowest BCUT2D eigenvalue weighted by molar-refractivity contribution is -0.385. The summed E-state index contributed by atoms with van der Waals surface area (Å²) in [5.74, 6) is 0.761. The predicted molar refractivity (Wildman–Crippen MR) is 81.8 cm³/mol. The van der Waals surface area contributed by atoms with Gasteiger partial charge in [0.2, 0.25) is 0 Å². The molecule has 2 aromatic carbocycles. The fourth-order valence-electron chi connectivity index (χ4n) is 2.29. The standard InChI is InChI=1S/C16H14N2O5/c19-16(12-5-1-2-6-13(12)18(20)21)17-9-11-10-22-14-7-3-4-8-15(14)23-11/h1-8,11H,9-10H2,(H,17,19)/t11-/m0/s1. The lowest BCUT2D eigenvalue weighted by atomic mass is 10.1. The number of fused-ring (bicyclic) bond motifs is 1. The number of carbonyl (C=O) groups is 1. The van der Waals surface area contributed by atoms with Crippen LogP contribution in [0.4, 0.5) is 5.69 Å². The van der Waals surface area contributed by atoms with Crippen molar-refractivity contribution in [2.24, 2.45) is 0 Å². The molecule has 0 saturated heterocycles. The third-order valence-electron chi connectivity index (χ3n) is 3.40. The van der Waals surface area contributed by atoms with Gasteiger partial charge in [-0.1, -0.05) is 24.3 Å². The summed E-state index contributed by atoms with van der Waals surface area (Å²) >= 11 is 0. The smallest absolute Gasteiger partial charge is 0.282 e. The van der Waals surface area contributed by atoms with Crippen molar-refractivity contribution in [1.29, 1.82) is 0 Å². The molecule has 1 N–H and O–H groups in total. The number of rotatable bonds is 4. The van der Waals surface area contributed by atoms with Crippen LogP contribution in [-0.4, -0.2) is 30.1 Å². The predicted octanol–water partition coefficient (Wildman–Crippen LogP) is 2.16. The molecule has 0 aliphatic carbocycles. The molecule has 0 unspecified atom stereocenters. The highest BCUT2D eigenvalue weighted by Gasteiger charge is 2.23. The van der Waals surface area contributed by atoms with E-state index in [0.717, 1.165) is 0 Å². The van der Waals surface area contributed by atoms with E-state index in [0.29, 0.717) is 18.1 Å². The van der Waals surface area contributed by atoms with Gasteiger partial charge in [0.1, 0.15) is 18.3 Å². The third-order valence-corrected chi connectivity index (χ3v) is 3.40. The first-order valence-corrected chi connectivity index (χ1v) is 7.05. The number of nitro groups is 1. The Kier molecular flexibility index (Phi) is 4.09. The number of para-hydroxylation sites is 3. The molecule has 23 heavy (non-hydrogen) atoms. The zero-order chi connectivity index (χ0) is 16.2. The van der Waals surface area contributed by atoms with Crippen LogP contribution in [0.5, 0.6) is 11.5 Å². The molecule has 0 fully saturated rings. The van der Waals surface area contributed by atoms with Gasteiger partial charge >= 0.3 is 0 Å². The summed E-state index contributed by atoms with van der Waals surface area (Å²) in [4.78, 5) is 22.5. The first-order valence-electron chi connectivity index (χ1n) is 7.05. The maximum absolute atomic E-state index is 12.1. The largest absolute Gasteiger partial charge is 0.486 e. The summed E-state index contributed by atoms with van der Waals surface area (Å²) in [6.45, 7) is 0.493. The number of hydrogen-bond donors (Lipinski definition) is 1. The molecule has 1 heterocycles. The number of nitro benzene ring substituents is 1. The summed E-state index contributed by atoms with van der Waals surface area (Å²) in [5, 5.41) is 13.6. The van der Waals surface area contributed by atoms with E-state index in [1.165, 1.54) is 18.2 Å². The van der Waals surface area contributed by atoms with Crippen LogP contribution in [0, 0.1) is 10.1 Å². The SMILES string of the molecule is O=C(NC[C@H]1COc2ccccc2O1)c1ccccc1[N+](=O)[O-]. The average Bonchev–Trinajstić information content (AvgIpc) is 2.59. The molecule has 0 aromatic heterocycles. The molecule has 0 saturated carbocycles. The van der Waals surface area contributed by atoms with Crippen LogP contribution in [0.2, 0.25) is 0 Å². The van der Waals surface area contributed by atoms with Crippen molar-refractivity contribution in [3.8, 4) is 11.5 Å². The minimum atomic E-state index is -0.578. The number of nitrogens with zero attached hydrogens (tertiary/aromatic N) is 1. The topological polar surface area (TPSA) is 90.7 Å². The van der Waals surface area contributed by atoms with E-state index in [-0.39, 0.29) is 23.9 Å². The van der Waals surface area contributed by atoms with E-state index >= 15 is 0 Å². The summed E-state index contributed by atoms with van der Waals surface area (Å²) in [5.41, 5.74) is -0.203. The van der Waals surface area contributed by atoms with Gasteiger partial charge in [-0.25, -0.2) is 0 Å². The molecular formula is C16H14N2O5. The normalized spacial score (nSPS) is 15.7. The van der Waals surface area contributed by atoms with E-state index < -0.39 is 10.8 Å². The molecule has 1 amide bonds. The molecule has 1 aliphatic heterocycles. The lowest BCUT2D eigenvalue weighted by Crippen LogP contribution is -2.40. The maximum Gasteiger partial charge on any atom is 0.282 e. The number of amides is 1. The van der Waals surface area contributed by atoms with E-state index in [4.69, 9.17) is 9.47 Å². The quantitative estimate of drug-likeness (QED) is 0.690. The summed E-state index contributed by atoms with van der Waals surface area (Å²) in [7, 11) is 0. The van der Waals surface area contributed by atoms with Gasteiger partial charge in [0.15, 0.2) is 11.5 Å². The second-order valence-corrected chi connectivity index (χ2v) is 4.98. The van der Waals surface area contributed by atoms with E-state index in [2.05, 4.69) is 5.32 Å². The molecule has 7 nitrogen and oxygen atoms in total. The molecule has 1 aliphatic rings. The molecule has 7 heteroatoms. The molecule has 0 spiro atoms. The Hall–Kier alpha value is -3.09. The van der Waals surface area contributed by atoms with Crippen LogP contribution in [-0.2, 0) is 0 Å². The second-order valence-electron chi connectivity index (χ2n) is 4.98. The number of nitrogens with one attached hydrogen (secondary N) is 1. The van der Waals surface area contributed by atoms with Gasteiger partial charge in [0.25, 0.3) is 11.6 Å². The van der Waals surface area contributed by atoms with E-state index in [1.807, 2.05) is 12.1 Å². The van der Waals surface area contributed by atoms with Crippen molar-refractivity contribution in [3.63, 3.8) is 0 Å². The third kappa shape index (κ3) is 3.23. The number of ether oxygens (including phenoxy) is 2. The van der Waals surface area contributed by atoms with Crippen molar-refractivity contribution in [2.75, 3.05) is 13.2 Å². The van der Waals surface area contributed by atoms with Gasteiger partial charge in [-0.15, -0.1) is 0 Å². The Morgan fingerprint density at radius 1 is 1.17 bits per heavy atom. The lowest BCUT2D eigenvalue weighted by Gasteiger charge is -2.26. The Morgan fingerprint density at radius 3 is 2.65 bits per heavy atom. The van der Waals surface area contributed by atoms with Gasteiger partial charge in [-0.3, -0.25) is 14.9 Å². The minimum Gasteiger partial charge on any atom is -0.486 e. The van der Waals surface area contributed by atoms with Crippen molar-refractivity contribution in [3.05, 3.63) is 64.2 Å². The fourth-order valence-corrected chi connectivity index (χ4v) is 2.29. The summed E-state index contributed by atoms with van der Waals surface area (Å²) in [6.07, 6.45) is -0.350.